The van der Waals surface area contributed by atoms with E-state index in [2.05, 4.69) is 29.2 Å². The SMILES string of the molecule is CC(C(=O)N1CCc2ccccc2C1)N1CCC(CO)CC1. The highest BCUT2D eigenvalue weighted by atomic mass is 16.3. The molecule has 1 atom stereocenters. The van der Waals surface area contributed by atoms with E-state index in [4.69, 9.17) is 0 Å². The van der Waals surface area contributed by atoms with E-state index in [0.29, 0.717) is 5.92 Å². The van der Waals surface area contributed by atoms with Crippen LogP contribution in [0.25, 0.3) is 0 Å². The lowest BCUT2D eigenvalue weighted by Gasteiger charge is -2.38. The van der Waals surface area contributed by atoms with Gasteiger partial charge in [-0.25, -0.2) is 0 Å². The molecule has 120 valence electrons. The number of hydrogen-bond acceptors (Lipinski definition) is 3. The summed E-state index contributed by atoms with van der Waals surface area (Å²) in [6.07, 6.45) is 2.95. The van der Waals surface area contributed by atoms with Crippen molar-refractivity contribution in [1.82, 2.24) is 9.80 Å². The number of amides is 1. The third-order valence-electron chi connectivity index (χ3n) is 5.25. The van der Waals surface area contributed by atoms with E-state index in [9.17, 15) is 9.90 Å². The van der Waals surface area contributed by atoms with Gasteiger partial charge in [0.05, 0.1) is 6.04 Å². The van der Waals surface area contributed by atoms with Crippen LogP contribution in [-0.4, -0.2) is 53.1 Å². The first-order valence-corrected chi connectivity index (χ1v) is 8.39. The van der Waals surface area contributed by atoms with Crippen LogP contribution in [0.5, 0.6) is 0 Å². The topological polar surface area (TPSA) is 43.8 Å². The van der Waals surface area contributed by atoms with Crippen LogP contribution in [0.1, 0.15) is 30.9 Å². The number of carbonyl (C=O) groups is 1. The summed E-state index contributed by atoms with van der Waals surface area (Å²) in [5.41, 5.74) is 2.66. The molecule has 2 heterocycles. The summed E-state index contributed by atoms with van der Waals surface area (Å²) in [5.74, 6) is 0.664. The third kappa shape index (κ3) is 3.18. The highest BCUT2D eigenvalue weighted by molar-refractivity contribution is 5.81. The van der Waals surface area contributed by atoms with Crippen molar-refractivity contribution in [2.75, 3.05) is 26.2 Å². The molecule has 22 heavy (non-hydrogen) atoms. The monoisotopic (exact) mass is 302 g/mol. The standard InChI is InChI=1S/C18H26N2O2/c1-14(19-9-6-15(13-21)7-10-19)18(22)20-11-8-16-4-2-3-5-17(16)12-20/h2-5,14-15,21H,6-13H2,1H3. The van der Waals surface area contributed by atoms with E-state index in [0.717, 1.165) is 45.4 Å². The van der Waals surface area contributed by atoms with Crippen LogP contribution in [0.4, 0.5) is 0 Å². The number of aliphatic hydroxyl groups excluding tert-OH is 1. The van der Waals surface area contributed by atoms with E-state index < -0.39 is 0 Å². The van der Waals surface area contributed by atoms with Crippen LogP contribution in [0.15, 0.2) is 24.3 Å². The smallest absolute Gasteiger partial charge is 0.239 e. The fourth-order valence-electron chi connectivity index (χ4n) is 3.63. The van der Waals surface area contributed by atoms with Crippen LogP contribution >= 0.6 is 0 Å². The van der Waals surface area contributed by atoms with E-state index >= 15 is 0 Å². The second-order valence-corrected chi connectivity index (χ2v) is 6.62. The maximum Gasteiger partial charge on any atom is 0.239 e. The molecule has 1 unspecified atom stereocenters. The lowest BCUT2D eigenvalue weighted by atomic mass is 9.96. The van der Waals surface area contributed by atoms with Crippen molar-refractivity contribution in [2.45, 2.75) is 38.8 Å². The molecule has 3 rings (SSSR count). The fourth-order valence-corrected chi connectivity index (χ4v) is 3.63. The van der Waals surface area contributed by atoms with Crippen molar-refractivity contribution in [3.05, 3.63) is 35.4 Å². The van der Waals surface area contributed by atoms with Crippen molar-refractivity contribution >= 4 is 5.91 Å². The third-order valence-corrected chi connectivity index (χ3v) is 5.25. The first-order valence-electron chi connectivity index (χ1n) is 8.39. The largest absolute Gasteiger partial charge is 0.396 e. The average Bonchev–Trinajstić information content (AvgIpc) is 2.60. The van der Waals surface area contributed by atoms with Gasteiger partial charge in [-0.15, -0.1) is 0 Å². The molecule has 1 fully saturated rings. The van der Waals surface area contributed by atoms with Crippen LogP contribution in [0.3, 0.4) is 0 Å². The zero-order valence-electron chi connectivity index (χ0n) is 13.4. The molecule has 4 heteroatoms. The molecule has 1 saturated heterocycles. The molecule has 0 radical (unpaired) electrons. The predicted molar refractivity (Wildman–Crippen MR) is 86.4 cm³/mol. The van der Waals surface area contributed by atoms with E-state index in [1.165, 1.54) is 11.1 Å². The lowest BCUT2D eigenvalue weighted by Crippen LogP contribution is -2.50. The Morgan fingerprint density at radius 3 is 2.59 bits per heavy atom. The van der Waals surface area contributed by atoms with Crippen LogP contribution in [0.2, 0.25) is 0 Å². The molecule has 1 N–H and O–H groups in total. The van der Waals surface area contributed by atoms with Gasteiger partial charge in [0.25, 0.3) is 0 Å². The molecular formula is C18H26N2O2. The Morgan fingerprint density at radius 1 is 1.23 bits per heavy atom. The van der Waals surface area contributed by atoms with Gasteiger partial charge in [0.15, 0.2) is 0 Å². The van der Waals surface area contributed by atoms with Gasteiger partial charge in [0.1, 0.15) is 0 Å². The van der Waals surface area contributed by atoms with Gasteiger partial charge in [-0.1, -0.05) is 24.3 Å². The van der Waals surface area contributed by atoms with E-state index in [-0.39, 0.29) is 18.6 Å². The molecule has 0 aromatic heterocycles. The molecule has 0 aliphatic carbocycles. The molecule has 1 aromatic carbocycles. The van der Waals surface area contributed by atoms with Crippen molar-refractivity contribution in [3.63, 3.8) is 0 Å². The van der Waals surface area contributed by atoms with E-state index in [1.54, 1.807) is 0 Å². The molecule has 1 amide bonds. The minimum atomic E-state index is -0.0510. The van der Waals surface area contributed by atoms with Gasteiger partial charge >= 0.3 is 0 Å². The van der Waals surface area contributed by atoms with Crippen LogP contribution < -0.4 is 0 Å². The Morgan fingerprint density at radius 2 is 1.91 bits per heavy atom. The highest BCUT2D eigenvalue weighted by Crippen LogP contribution is 2.22. The minimum absolute atomic E-state index is 0.0510. The summed E-state index contributed by atoms with van der Waals surface area (Å²) >= 11 is 0. The number of likely N-dealkylation sites (tertiary alicyclic amines) is 1. The second-order valence-electron chi connectivity index (χ2n) is 6.62. The van der Waals surface area contributed by atoms with Crippen molar-refractivity contribution in [2.24, 2.45) is 5.92 Å². The van der Waals surface area contributed by atoms with Crippen molar-refractivity contribution in [3.8, 4) is 0 Å². The molecule has 0 bridgehead atoms. The summed E-state index contributed by atoms with van der Waals surface area (Å²) in [6, 6.07) is 8.37. The van der Waals surface area contributed by atoms with Gasteiger partial charge in [-0.05, 0) is 56.3 Å². The zero-order valence-corrected chi connectivity index (χ0v) is 13.4. The van der Waals surface area contributed by atoms with Crippen molar-refractivity contribution in [1.29, 1.82) is 0 Å². The lowest BCUT2D eigenvalue weighted by molar-refractivity contribution is -0.138. The maximum absolute atomic E-state index is 12.8. The van der Waals surface area contributed by atoms with Gasteiger partial charge in [-0.2, -0.15) is 0 Å². The van der Waals surface area contributed by atoms with Gasteiger partial charge < -0.3 is 10.0 Å². The first kappa shape index (κ1) is 15.5. The van der Waals surface area contributed by atoms with Crippen molar-refractivity contribution < 1.29 is 9.90 Å². The molecule has 0 spiro atoms. The molecule has 0 saturated carbocycles. The number of benzene rings is 1. The second kappa shape index (κ2) is 6.80. The summed E-state index contributed by atoms with van der Waals surface area (Å²) in [7, 11) is 0. The zero-order chi connectivity index (χ0) is 15.5. The molecule has 1 aromatic rings. The number of rotatable bonds is 3. The normalized spacial score (nSPS) is 21.5. The average molecular weight is 302 g/mol. The van der Waals surface area contributed by atoms with E-state index in [1.807, 2.05) is 11.8 Å². The Balaban J connectivity index is 1.60. The fraction of sp³-hybridized carbons (Fsp3) is 0.611. The maximum atomic E-state index is 12.8. The Bertz CT molecular complexity index is 524. The highest BCUT2D eigenvalue weighted by Gasteiger charge is 2.30. The Hall–Kier alpha value is -1.39. The Labute approximate surface area is 132 Å². The Kier molecular flexibility index (Phi) is 4.79. The van der Waals surface area contributed by atoms with Gasteiger partial charge in [0.2, 0.25) is 5.91 Å². The predicted octanol–water partition coefficient (Wildman–Crippen LogP) is 1.66. The number of fused-ring (bicyclic) bond motifs is 1. The number of aliphatic hydroxyl groups is 1. The molecule has 4 nitrogen and oxygen atoms in total. The molecule has 2 aliphatic heterocycles. The quantitative estimate of drug-likeness (QED) is 0.923. The van der Waals surface area contributed by atoms with Crippen LogP contribution in [-0.2, 0) is 17.8 Å². The summed E-state index contributed by atoms with van der Waals surface area (Å²) in [4.78, 5) is 17.1. The number of carbonyl (C=O) groups excluding carboxylic acids is 1. The number of nitrogens with zero attached hydrogens (tertiary/aromatic N) is 2. The number of hydrogen-bond donors (Lipinski definition) is 1. The minimum Gasteiger partial charge on any atom is -0.396 e. The van der Waals surface area contributed by atoms with Gasteiger partial charge in [-0.3, -0.25) is 9.69 Å². The van der Waals surface area contributed by atoms with Crippen LogP contribution in [0, 0.1) is 5.92 Å². The molecule has 2 aliphatic rings. The summed E-state index contributed by atoms with van der Waals surface area (Å²) in [6.45, 7) is 5.71. The summed E-state index contributed by atoms with van der Waals surface area (Å²) < 4.78 is 0. The number of piperidine rings is 1. The molecular weight excluding hydrogens is 276 g/mol. The first-order chi connectivity index (χ1) is 10.7. The van der Waals surface area contributed by atoms with Gasteiger partial charge in [0, 0.05) is 19.7 Å². The summed E-state index contributed by atoms with van der Waals surface area (Å²) in [5, 5.41) is 9.23.